The van der Waals surface area contributed by atoms with Gasteiger partial charge in [0.15, 0.2) is 5.69 Å². The quantitative estimate of drug-likeness (QED) is 0.804. The Bertz CT molecular complexity index is 361. The molecule has 0 fully saturated rings. The van der Waals surface area contributed by atoms with Crippen molar-refractivity contribution in [2.24, 2.45) is 5.92 Å². The van der Waals surface area contributed by atoms with Crippen LogP contribution in [0.3, 0.4) is 0 Å². The number of nitrogens with one attached hydrogen (secondary N) is 1. The monoisotopic (exact) mass is 277 g/mol. The summed E-state index contributed by atoms with van der Waals surface area (Å²) in [6.45, 7) is 2.71. The Labute approximate surface area is 110 Å². The minimum atomic E-state index is -4.47. The molecule has 7 heteroatoms. The van der Waals surface area contributed by atoms with E-state index in [1.165, 1.54) is 6.07 Å². The number of hydrogen-bond donors (Lipinski definition) is 2. The Morgan fingerprint density at radius 3 is 2.47 bits per heavy atom. The molecule has 0 spiro atoms. The average molecular weight is 277 g/mol. The standard InChI is InChI=1S/C12H18F3N3O/c1-2-3-9(6-7-19)8-16-11-5-4-10(17-18-11)12(13,14)15/h4-5,9,19H,2-3,6-8H2,1H3,(H,16,18). The van der Waals surface area contributed by atoms with E-state index < -0.39 is 11.9 Å². The first-order chi connectivity index (χ1) is 8.97. The number of alkyl halides is 3. The fraction of sp³-hybridized carbons (Fsp3) is 0.667. The lowest BCUT2D eigenvalue weighted by atomic mass is 10.0. The van der Waals surface area contributed by atoms with Crippen molar-refractivity contribution in [2.45, 2.75) is 32.4 Å². The molecule has 0 aromatic carbocycles. The van der Waals surface area contributed by atoms with E-state index in [4.69, 9.17) is 5.11 Å². The van der Waals surface area contributed by atoms with E-state index in [1.54, 1.807) is 0 Å². The zero-order valence-electron chi connectivity index (χ0n) is 10.7. The molecular weight excluding hydrogens is 259 g/mol. The first kappa shape index (κ1) is 15.7. The summed E-state index contributed by atoms with van der Waals surface area (Å²) in [7, 11) is 0. The lowest BCUT2D eigenvalue weighted by Crippen LogP contribution is -2.17. The molecule has 1 unspecified atom stereocenters. The van der Waals surface area contributed by atoms with E-state index >= 15 is 0 Å². The number of anilines is 1. The SMILES string of the molecule is CCCC(CCO)CNc1ccc(C(F)(F)F)nn1. The molecule has 0 bridgehead atoms. The van der Waals surface area contributed by atoms with Gasteiger partial charge in [-0.05, 0) is 30.9 Å². The Kier molecular flexibility index (Phi) is 6.01. The highest BCUT2D eigenvalue weighted by Crippen LogP contribution is 2.27. The third-order valence-corrected chi connectivity index (χ3v) is 2.76. The summed E-state index contributed by atoms with van der Waals surface area (Å²) in [5, 5.41) is 18.5. The summed E-state index contributed by atoms with van der Waals surface area (Å²) in [5.41, 5.74) is -1.00. The fourth-order valence-electron chi connectivity index (χ4n) is 1.77. The van der Waals surface area contributed by atoms with E-state index in [-0.39, 0.29) is 12.5 Å². The molecule has 1 aromatic heterocycles. The summed E-state index contributed by atoms with van der Waals surface area (Å²) >= 11 is 0. The Hall–Kier alpha value is -1.37. The predicted molar refractivity (Wildman–Crippen MR) is 65.6 cm³/mol. The summed E-state index contributed by atoms with van der Waals surface area (Å²) in [5.74, 6) is 0.589. The molecule has 19 heavy (non-hydrogen) atoms. The molecule has 0 aliphatic carbocycles. The largest absolute Gasteiger partial charge is 0.435 e. The lowest BCUT2D eigenvalue weighted by molar-refractivity contribution is -0.141. The first-order valence-electron chi connectivity index (χ1n) is 6.23. The van der Waals surface area contributed by atoms with Crippen molar-refractivity contribution in [2.75, 3.05) is 18.5 Å². The van der Waals surface area contributed by atoms with Gasteiger partial charge in [0, 0.05) is 13.2 Å². The fourth-order valence-corrected chi connectivity index (χ4v) is 1.77. The van der Waals surface area contributed by atoms with Crippen molar-refractivity contribution < 1.29 is 18.3 Å². The van der Waals surface area contributed by atoms with Gasteiger partial charge in [-0.15, -0.1) is 10.2 Å². The van der Waals surface area contributed by atoms with Crippen LogP contribution in [0, 0.1) is 5.92 Å². The van der Waals surface area contributed by atoms with Gasteiger partial charge in [-0.3, -0.25) is 0 Å². The van der Waals surface area contributed by atoms with E-state index in [0.29, 0.717) is 18.8 Å². The molecule has 1 aromatic rings. The zero-order chi connectivity index (χ0) is 14.3. The number of aliphatic hydroxyl groups excluding tert-OH is 1. The maximum Gasteiger partial charge on any atom is 0.435 e. The highest BCUT2D eigenvalue weighted by Gasteiger charge is 2.32. The third kappa shape index (κ3) is 5.42. The molecule has 0 saturated heterocycles. The molecule has 0 amide bonds. The Balaban J connectivity index is 2.53. The van der Waals surface area contributed by atoms with Gasteiger partial charge in [0.05, 0.1) is 0 Å². The Morgan fingerprint density at radius 1 is 1.26 bits per heavy atom. The molecular formula is C12H18F3N3O. The van der Waals surface area contributed by atoms with Crippen molar-refractivity contribution in [3.63, 3.8) is 0 Å². The lowest BCUT2D eigenvalue weighted by Gasteiger charge is -2.15. The predicted octanol–water partition coefficient (Wildman–Crippen LogP) is 2.71. The van der Waals surface area contributed by atoms with Crippen molar-refractivity contribution in [1.82, 2.24) is 10.2 Å². The van der Waals surface area contributed by atoms with Crippen molar-refractivity contribution in [3.05, 3.63) is 17.8 Å². The van der Waals surface area contributed by atoms with Crippen LogP contribution in [0.25, 0.3) is 0 Å². The molecule has 1 atom stereocenters. The van der Waals surface area contributed by atoms with Crippen LogP contribution in [0.4, 0.5) is 19.0 Å². The highest BCUT2D eigenvalue weighted by molar-refractivity contribution is 5.33. The van der Waals surface area contributed by atoms with E-state index in [0.717, 1.165) is 18.9 Å². The molecule has 108 valence electrons. The maximum atomic E-state index is 12.3. The van der Waals surface area contributed by atoms with Crippen LogP contribution in [0.1, 0.15) is 31.9 Å². The van der Waals surface area contributed by atoms with Gasteiger partial charge < -0.3 is 10.4 Å². The van der Waals surface area contributed by atoms with Crippen LogP contribution in [0.5, 0.6) is 0 Å². The Morgan fingerprint density at radius 2 is 2.00 bits per heavy atom. The minimum absolute atomic E-state index is 0.102. The topological polar surface area (TPSA) is 58.0 Å². The normalized spacial score (nSPS) is 13.3. The van der Waals surface area contributed by atoms with Gasteiger partial charge in [0.1, 0.15) is 5.82 Å². The van der Waals surface area contributed by atoms with Gasteiger partial charge in [-0.2, -0.15) is 13.2 Å². The van der Waals surface area contributed by atoms with Crippen LogP contribution < -0.4 is 5.32 Å². The maximum absolute atomic E-state index is 12.3. The number of hydrogen-bond acceptors (Lipinski definition) is 4. The number of aliphatic hydroxyl groups is 1. The number of halogens is 3. The molecule has 1 heterocycles. The van der Waals surface area contributed by atoms with Crippen molar-refractivity contribution in [3.8, 4) is 0 Å². The van der Waals surface area contributed by atoms with Crippen molar-refractivity contribution >= 4 is 5.82 Å². The van der Waals surface area contributed by atoms with Crippen LogP contribution in [-0.2, 0) is 6.18 Å². The van der Waals surface area contributed by atoms with Crippen LogP contribution in [0.15, 0.2) is 12.1 Å². The van der Waals surface area contributed by atoms with Crippen molar-refractivity contribution in [1.29, 1.82) is 0 Å². The van der Waals surface area contributed by atoms with Crippen LogP contribution in [-0.4, -0.2) is 28.5 Å². The highest BCUT2D eigenvalue weighted by atomic mass is 19.4. The summed E-state index contributed by atoms with van der Waals surface area (Å²) in [4.78, 5) is 0. The zero-order valence-corrected chi connectivity index (χ0v) is 10.7. The second-order valence-corrected chi connectivity index (χ2v) is 4.35. The van der Waals surface area contributed by atoms with Gasteiger partial charge in [0.2, 0.25) is 0 Å². The smallest absolute Gasteiger partial charge is 0.396 e. The summed E-state index contributed by atoms with van der Waals surface area (Å²) in [6.07, 6.45) is -1.87. The molecule has 2 N–H and O–H groups in total. The molecule has 0 aliphatic rings. The average Bonchev–Trinajstić information content (AvgIpc) is 2.36. The van der Waals surface area contributed by atoms with Gasteiger partial charge in [-0.1, -0.05) is 13.3 Å². The van der Waals surface area contributed by atoms with E-state index in [9.17, 15) is 13.2 Å². The van der Waals surface area contributed by atoms with Gasteiger partial charge >= 0.3 is 6.18 Å². The molecule has 0 saturated carbocycles. The number of nitrogens with zero attached hydrogens (tertiary/aromatic N) is 2. The molecule has 0 radical (unpaired) electrons. The summed E-state index contributed by atoms with van der Waals surface area (Å²) in [6, 6.07) is 2.16. The third-order valence-electron chi connectivity index (χ3n) is 2.76. The number of rotatable bonds is 7. The molecule has 1 rings (SSSR count). The van der Waals surface area contributed by atoms with Crippen LogP contribution >= 0.6 is 0 Å². The molecule has 4 nitrogen and oxygen atoms in total. The second kappa shape index (κ2) is 7.28. The van der Waals surface area contributed by atoms with Crippen LogP contribution in [0.2, 0.25) is 0 Å². The number of aromatic nitrogens is 2. The van der Waals surface area contributed by atoms with Gasteiger partial charge in [0.25, 0.3) is 0 Å². The van der Waals surface area contributed by atoms with Gasteiger partial charge in [-0.25, -0.2) is 0 Å². The first-order valence-corrected chi connectivity index (χ1v) is 6.23. The van der Waals surface area contributed by atoms with E-state index in [2.05, 4.69) is 15.5 Å². The summed E-state index contributed by atoms with van der Waals surface area (Å²) < 4.78 is 36.9. The second-order valence-electron chi connectivity index (χ2n) is 4.35. The van der Waals surface area contributed by atoms with E-state index in [1.807, 2.05) is 6.92 Å². The minimum Gasteiger partial charge on any atom is -0.396 e. The molecule has 0 aliphatic heterocycles.